The molecule has 0 heterocycles. The lowest BCUT2D eigenvalue weighted by atomic mass is 10.1. The summed E-state index contributed by atoms with van der Waals surface area (Å²) in [6.07, 6.45) is 6.50. The van der Waals surface area contributed by atoms with Gasteiger partial charge in [0, 0.05) is 0 Å². The highest BCUT2D eigenvalue weighted by Crippen LogP contribution is 2.40. The van der Waals surface area contributed by atoms with Gasteiger partial charge in [-0.25, -0.2) is 0 Å². The van der Waals surface area contributed by atoms with Crippen molar-refractivity contribution in [2.45, 2.75) is 32.1 Å². The monoisotopic (exact) mass is 316 g/mol. The van der Waals surface area contributed by atoms with E-state index in [-0.39, 0.29) is 0 Å². The number of aryl methyl sites for hydroxylation is 1. The molecule has 1 aromatic rings. The van der Waals surface area contributed by atoms with Crippen molar-refractivity contribution in [3.05, 3.63) is 46.4 Å². The van der Waals surface area contributed by atoms with E-state index in [9.17, 15) is 0 Å². The number of ether oxygens (including phenoxy) is 2. The average Bonchev–Trinajstić information content (AvgIpc) is 2.52. The Morgan fingerprint density at radius 3 is 2.59 bits per heavy atom. The van der Waals surface area contributed by atoms with Crippen molar-refractivity contribution in [3.63, 3.8) is 0 Å². The number of hydrogen-bond donors (Lipinski definition) is 0. The molecule has 0 aromatic heterocycles. The maximum absolute atomic E-state index is 9.14. The Morgan fingerprint density at radius 2 is 1.91 bits per heavy atom. The Hall–Kier alpha value is -1.97. The molecule has 0 unspecified atom stereocenters. The predicted molar refractivity (Wildman–Crippen MR) is 89.8 cm³/mol. The van der Waals surface area contributed by atoms with Crippen molar-refractivity contribution < 1.29 is 14.3 Å². The normalized spacial score (nSPS) is 13.6. The summed E-state index contributed by atoms with van der Waals surface area (Å²) in [5.74, 6) is 1.67. The molecule has 4 nitrogen and oxygen atoms in total. The van der Waals surface area contributed by atoms with Crippen LogP contribution in [0.5, 0.6) is 11.5 Å². The summed E-state index contributed by atoms with van der Waals surface area (Å²) in [7, 11) is 0. The first-order valence-corrected chi connectivity index (χ1v) is 8.17. The van der Waals surface area contributed by atoms with Gasteiger partial charge in [0.05, 0.1) is 29.4 Å². The quantitative estimate of drug-likeness (QED) is 0.577. The first kappa shape index (κ1) is 16.4. The second kappa shape index (κ2) is 7.87. The molecule has 0 atom stereocenters. The van der Waals surface area contributed by atoms with Crippen molar-refractivity contribution >= 4 is 17.5 Å². The van der Waals surface area contributed by atoms with E-state index in [0.29, 0.717) is 25.3 Å². The minimum Gasteiger partial charge on any atom is -0.494 e. The standard InChI is InChI=1S/C17H20N2O2S/c1-4-20-14-11-17(15(21-5-2)10-12(14)3)22-16-9-7-6-8-13(16)19-18/h6-7,9-11H,4-5,8H2,1-3H3. The molecule has 116 valence electrons. The van der Waals surface area contributed by atoms with Crippen LogP contribution in [0.3, 0.4) is 0 Å². The van der Waals surface area contributed by atoms with E-state index in [1.165, 1.54) is 11.8 Å². The van der Waals surface area contributed by atoms with Crippen LogP contribution in [0.25, 0.3) is 5.53 Å². The van der Waals surface area contributed by atoms with E-state index in [1.807, 2.05) is 51.1 Å². The van der Waals surface area contributed by atoms with Gasteiger partial charge in [-0.05, 0) is 44.5 Å². The minimum atomic E-state index is 0.598. The summed E-state index contributed by atoms with van der Waals surface area (Å²) in [5, 5.41) is 0. The van der Waals surface area contributed by atoms with Crippen LogP contribution in [0.1, 0.15) is 25.8 Å². The van der Waals surface area contributed by atoms with Crippen molar-refractivity contribution in [1.82, 2.24) is 0 Å². The summed E-state index contributed by atoms with van der Waals surface area (Å²) in [5.41, 5.74) is 10.8. The molecule has 0 saturated carbocycles. The van der Waals surface area contributed by atoms with Gasteiger partial charge >= 0.3 is 5.71 Å². The number of allylic oxidation sites excluding steroid dienone is 4. The fourth-order valence-electron chi connectivity index (χ4n) is 2.14. The van der Waals surface area contributed by atoms with Crippen molar-refractivity contribution in [1.29, 1.82) is 0 Å². The Kier molecular flexibility index (Phi) is 5.87. The van der Waals surface area contributed by atoms with Gasteiger partial charge < -0.3 is 15.0 Å². The number of nitrogens with zero attached hydrogens (tertiary/aromatic N) is 2. The zero-order valence-corrected chi connectivity index (χ0v) is 13.9. The van der Waals surface area contributed by atoms with Crippen molar-refractivity contribution in [3.8, 4) is 11.5 Å². The van der Waals surface area contributed by atoms with Crippen LogP contribution in [-0.4, -0.2) is 23.7 Å². The molecule has 0 amide bonds. The zero-order valence-electron chi connectivity index (χ0n) is 13.1. The molecule has 1 aliphatic rings. The molecule has 0 aliphatic heterocycles. The van der Waals surface area contributed by atoms with E-state index >= 15 is 0 Å². The van der Waals surface area contributed by atoms with Crippen molar-refractivity contribution in [2.24, 2.45) is 0 Å². The van der Waals surface area contributed by atoms with Crippen LogP contribution in [0, 0.1) is 6.92 Å². The van der Waals surface area contributed by atoms with Gasteiger partial charge in [0.1, 0.15) is 11.5 Å². The summed E-state index contributed by atoms with van der Waals surface area (Å²) >= 11 is 1.53. The second-order valence-corrected chi connectivity index (χ2v) is 5.83. The van der Waals surface area contributed by atoms with Gasteiger partial charge in [0.15, 0.2) is 0 Å². The topological polar surface area (TPSA) is 54.9 Å². The van der Waals surface area contributed by atoms with E-state index in [4.69, 9.17) is 15.0 Å². The number of thioether (sulfide) groups is 1. The molecule has 0 saturated heterocycles. The summed E-state index contributed by atoms with van der Waals surface area (Å²) in [4.78, 5) is 5.25. The molecule has 0 spiro atoms. The van der Waals surface area contributed by atoms with Gasteiger partial charge in [-0.15, -0.1) is 0 Å². The van der Waals surface area contributed by atoms with E-state index in [2.05, 4.69) is 4.79 Å². The molecule has 5 heteroatoms. The third kappa shape index (κ3) is 3.81. The third-order valence-electron chi connectivity index (χ3n) is 3.16. The van der Waals surface area contributed by atoms with E-state index in [0.717, 1.165) is 26.9 Å². The summed E-state index contributed by atoms with van der Waals surface area (Å²) < 4.78 is 11.4. The highest BCUT2D eigenvalue weighted by atomic mass is 32.2. The van der Waals surface area contributed by atoms with Crippen LogP contribution in [-0.2, 0) is 0 Å². The molecule has 0 radical (unpaired) electrons. The second-order valence-electron chi connectivity index (χ2n) is 4.74. The molecule has 2 rings (SSSR count). The molecular formula is C17H20N2O2S. The maximum Gasteiger partial charge on any atom is 0.309 e. The number of rotatable bonds is 6. The van der Waals surface area contributed by atoms with E-state index in [1.54, 1.807) is 0 Å². The molecule has 0 bridgehead atoms. The highest BCUT2D eigenvalue weighted by Gasteiger charge is 2.20. The Labute approximate surface area is 135 Å². The average molecular weight is 316 g/mol. The molecule has 0 fully saturated rings. The number of hydrogen-bond acceptors (Lipinski definition) is 3. The Bertz CT molecular complexity index is 659. The van der Waals surface area contributed by atoms with Crippen LogP contribution in [0.4, 0.5) is 0 Å². The summed E-state index contributed by atoms with van der Waals surface area (Å²) in [6.45, 7) is 7.15. The lowest BCUT2D eigenvalue weighted by Crippen LogP contribution is -2.04. The maximum atomic E-state index is 9.14. The zero-order chi connectivity index (χ0) is 15.9. The molecular weight excluding hydrogens is 296 g/mol. The summed E-state index contributed by atoms with van der Waals surface area (Å²) in [6, 6.07) is 3.98. The predicted octanol–water partition coefficient (Wildman–Crippen LogP) is 4.40. The fourth-order valence-corrected chi connectivity index (χ4v) is 3.15. The molecule has 1 aromatic carbocycles. The van der Waals surface area contributed by atoms with Gasteiger partial charge in [-0.1, -0.05) is 23.9 Å². The Balaban J connectivity index is 2.39. The molecule has 1 aliphatic carbocycles. The van der Waals surface area contributed by atoms with Gasteiger partial charge in [0.25, 0.3) is 0 Å². The van der Waals surface area contributed by atoms with Crippen LogP contribution < -0.4 is 9.47 Å². The van der Waals surface area contributed by atoms with Gasteiger partial charge in [-0.3, -0.25) is 0 Å². The van der Waals surface area contributed by atoms with Crippen molar-refractivity contribution in [2.75, 3.05) is 13.2 Å². The fraction of sp³-hybridized carbons (Fsp3) is 0.353. The van der Waals surface area contributed by atoms with Crippen LogP contribution >= 0.6 is 11.8 Å². The molecule has 22 heavy (non-hydrogen) atoms. The lowest BCUT2D eigenvalue weighted by Gasteiger charge is -2.15. The SMILES string of the molecule is CCOc1cc(SC2=CC=CCC2=[N+]=[N-])c(OCC)cc1C. The minimum absolute atomic E-state index is 0.598. The first-order chi connectivity index (χ1) is 10.7. The highest BCUT2D eigenvalue weighted by molar-refractivity contribution is 8.04. The van der Waals surface area contributed by atoms with Crippen LogP contribution in [0.15, 0.2) is 40.2 Å². The molecule has 0 N–H and O–H groups in total. The van der Waals surface area contributed by atoms with E-state index < -0.39 is 0 Å². The first-order valence-electron chi connectivity index (χ1n) is 7.35. The van der Waals surface area contributed by atoms with Gasteiger partial charge in [-0.2, -0.15) is 4.79 Å². The third-order valence-corrected chi connectivity index (χ3v) is 4.29. The lowest BCUT2D eigenvalue weighted by molar-refractivity contribution is -0.00571. The van der Waals surface area contributed by atoms with Crippen LogP contribution in [0.2, 0.25) is 0 Å². The largest absolute Gasteiger partial charge is 0.494 e. The Morgan fingerprint density at radius 1 is 1.18 bits per heavy atom. The van der Waals surface area contributed by atoms with Gasteiger partial charge in [0.2, 0.25) is 0 Å². The smallest absolute Gasteiger partial charge is 0.309 e. The number of benzene rings is 1.